The van der Waals surface area contributed by atoms with Crippen LogP contribution in [0.25, 0.3) is 0 Å². The fraction of sp³-hybridized carbons (Fsp3) is 0.320. The second kappa shape index (κ2) is 10.9. The molecule has 2 heterocycles. The Morgan fingerprint density at radius 1 is 1.17 bits per heavy atom. The third kappa shape index (κ3) is 5.60. The van der Waals surface area contributed by atoms with Gasteiger partial charge >= 0.3 is 5.97 Å². The van der Waals surface area contributed by atoms with Gasteiger partial charge in [0.2, 0.25) is 11.1 Å². The van der Waals surface area contributed by atoms with Gasteiger partial charge in [-0.3, -0.25) is 0 Å². The largest absolute Gasteiger partial charge is 0.489 e. The summed E-state index contributed by atoms with van der Waals surface area (Å²) in [6.45, 7) is 7.78. The Morgan fingerprint density at radius 3 is 2.49 bits per heavy atom. The number of rotatable bonds is 8. The lowest BCUT2D eigenvalue weighted by molar-refractivity contribution is -0.143. The van der Waals surface area contributed by atoms with Gasteiger partial charge in [-0.1, -0.05) is 60.1 Å². The zero-order chi connectivity index (χ0) is 25.1. The second-order valence-corrected chi connectivity index (χ2v) is 10.2. The molecule has 1 aliphatic rings. The van der Waals surface area contributed by atoms with Crippen molar-refractivity contribution in [2.24, 2.45) is 0 Å². The summed E-state index contributed by atoms with van der Waals surface area (Å²) in [7, 11) is 0. The van der Waals surface area contributed by atoms with Crippen molar-refractivity contribution in [2.45, 2.75) is 51.6 Å². The van der Waals surface area contributed by atoms with Gasteiger partial charge in [0.05, 0.1) is 11.7 Å². The number of hydrogen-bond acceptors (Lipinski definition) is 7. The van der Waals surface area contributed by atoms with E-state index in [1.165, 1.54) is 11.8 Å². The Labute approximate surface area is 218 Å². The number of anilines is 1. The second-order valence-electron chi connectivity index (χ2n) is 8.17. The lowest BCUT2D eigenvalue weighted by Crippen LogP contribution is -2.30. The summed E-state index contributed by atoms with van der Waals surface area (Å²) in [5.41, 5.74) is 2.75. The van der Waals surface area contributed by atoms with Crippen LogP contribution in [0.1, 0.15) is 44.9 Å². The monoisotopic (exact) mass is 532 g/mol. The lowest BCUT2D eigenvalue weighted by Gasteiger charge is -2.28. The molecule has 0 fully saturated rings. The van der Waals surface area contributed by atoms with Crippen molar-refractivity contribution >= 4 is 46.9 Å². The summed E-state index contributed by atoms with van der Waals surface area (Å²) in [5, 5.41) is 9.62. The van der Waals surface area contributed by atoms with Crippen molar-refractivity contribution < 1.29 is 14.3 Å². The third-order valence-electron chi connectivity index (χ3n) is 5.31. The molecule has 0 saturated carbocycles. The lowest BCUT2D eigenvalue weighted by atomic mass is 9.95. The smallest absolute Gasteiger partial charge is 0.338 e. The fourth-order valence-corrected chi connectivity index (χ4v) is 4.81. The van der Waals surface area contributed by atoms with Crippen LogP contribution in [0, 0.1) is 0 Å². The van der Waals surface area contributed by atoms with Gasteiger partial charge < -0.3 is 14.8 Å². The molecule has 1 aliphatic heterocycles. The van der Waals surface area contributed by atoms with E-state index in [0.29, 0.717) is 38.2 Å². The van der Waals surface area contributed by atoms with Crippen molar-refractivity contribution in [3.05, 3.63) is 74.9 Å². The van der Waals surface area contributed by atoms with E-state index in [-0.39, 0.29) is 12.7 Å². The van der Waals surface area contributed by atoms with E-state index in [2.05, 4.69) is 15.4 Å². The highest BCUT2D eigenvalue weighted by molar-refractivity contribution is 7.99. The minimum Gasteiger partial charge on any atom is -0.489 e. The van der Waals surface area contributed by atoms with Gasteiger partial charge in [-0.25, -0.2) is 9.48 Å². The average Bonchev–Trinajstić information content (AvgIpc) is 3.20. The Kier molecular flexibility index (Phi) is 7.94. The molecule has 0 amide bonds. The number of nitrogens with one attached hydrogen (secondary N) is 1. The van der Waals surface area contributed by atoms with E-state index in [1.807, 2.05) is 52.0 Å². The molecular formula is C25H26Cl2N4O3S. The highest BCUT2D eigenvalue weighted by Gasteiger charge is 2.35. The number of aromatic nitrogens is 3. The van der Waals surface area contributed by atoms with Crippen LogP contribution in [0.15, 0.2) is 58.9 Å². The van der Waals surface area contributed by atoms with Crippen LogP contribution in [0.4, 0.5) is 5.95 Å². The van der Waals surface area contributed by atoms with Gasteiger partial charge in [0.15, 0.2) is 0 Å². The molecule has 1 aromatic heterocycles. The van der Waals surface area contributed by atoms with Crippen LogP contribution in [-0.4, -0.2) is 32.6 Å². The summed E-state index contributed by atoms with van der Waals surface area (Å²) in [6, 6.07) is 12.4. The molecular weight excluding hydrogens is 507 g/mol. The van der Waals surface area contributed by atoms with Crippen LogP contribution >= 0.6 is 35.0 Å². The molecule has 10 heteroatoms. The molecule has 35 heavy (non-hydrogen) atoms. The van der Waals surface area contributed by atoms with Crippen LogP contribution in [0.2, 0.25) is 10.0 Å². The van der Waals surface area contributed by atoms with E-state index >= 15 is 0 Å². The number of thioether (sulfide) groups is 1. The van der Waals surface area contributed by atoms with E-state index in [9.17, 15) is 4.79 Å². The number of hydrogen-bond donors (Lipinski definition) is 1. The summed E-state index contributed by atoms with van der Waals surface area (Å²) in [4.78, 5) is 17.7. The maximum Gasteiger partial charge on any atom is 0.338 e. The predicted molar refractivity (Wildman–Crippen MR) is 139 cm³/mol. The molecule has 0 saturated heterocycles. The number of carbonyl (C=O) groups excluding carboxylic acids is 1. The summed E-state index contributed by atoms with van der Waals surface area (Å²) in [6.07, 6.45) is -0.251. The molecule has 0 aliphatic carbocycles. The van der Waals surface area contributed by atoms with Crippen molar-refractivity contribution in [1.29, 1.82) is 0 Å². The maximum atomic E-state index is 13.1. The minimum atomic E-state index is -0.497. The first-order valence-corrected chi connectivity index (χ1v) is 13.0. The molecule has 0 radical (unpaired) electrons. The number of esters is 1. The molecule has 1 atom stereocenters. The number of nitrogens with zero attached hydrogens (tertiary/aromatic N) is 3. The number of halogens is 2. The summed E-state index contributed by atoms with van der Waals surface area (Å²) < 4.78 is 13.2. The first-order valence-electron chi connectivity index (χ1n) is 11.2. The standard InChI is InChI=1S/C25H26Cl2N4O3S/c1-5-35-25-29-24-28-15(4)21(23(32)34-14(2)3)22(31(24)30-25)16-9-11-17(12-10-16)33-13-18-19(26)7-6-8-20(18)27/h6-12,14,22H,5,13H2,1-4H3,(H,28,29,30). The third-order valence-corrected chi connectivity index (χ3v) is 6.74. The van der Waals surface area contributed by atoms with Crippen molar-refractivity contribution in [3.63, 3.8) is 0 Å². The summed E-state index contributed by atoms with van der Waals surface area (Å²) in [5.74, 6) is 1.67. The molecule has 7 nitrogen and oxygen atoms in total. The number of ether oxygens (including phenoxy) is 2. The molecule has 0 spiro atoms. The molecule has 1 N–H and O–H groups in total. The predicted octanol–water partition coefficient (Wildman–Crippen LogP) is 6.52. The average molecular weight is 533 g/mol. The Bertz CT molecular complexity index is 1240. The number of carbonyl (C=O) groups is 1. The molecule has 3 aromatic rings. The zero-order valence-electron chi connectivity index (χ0n) is 19.8. The van der Waals surface area contributed by atoms with E-state index in [1.54, 1.807) is 22.9 Å². The zero-order valence-corrected chi connectivity index (χ0v) is 22.2. The molecule has 4 rings (SSSR count). The minimum absolute atomic E-state index is 0.237. The fourth-order valence-electron chi connectivity index (χ4n) is 3.74. The van der Waals surface area contributed by atoms with E-state index in [0.717, 1.165) is 16.9 Å². The number of allylic oxidation sites excluding steroid dienone is 1. The highest BCUT2D eigenvalue weighted by atomic mass is 35.5. The van der Waals surface area contributed by atoms with Crippen LogP contribution in [0.5, 0.6) is 5.75 Å². The quantitative estimate of drug-likeness (QED) is 0.261. The van der Waals surface area contributed by atoms with Gasteiger partial charge in [0, 0.05) is 21.3 Å². The van der Waals surface area contributed by atoms with Crippen molar-refractivity contribution in [3.8, 4) is 5.75 Å². The van der Waals surface area contributed by atoms with Gasteiger partial charge in [0.25, 0.3) is 0 Å². The van der Waals surface area contributed by atoms with Crippen LogP contribution < -0.4 is 10.1 Å². The van der Waals surface area contributed by atoms with Crippen LogP contribution in [0.3, 0.4) is 0 Å². The van der Waals surface area contributed by atoms with Gasteiger partial charge in [-0.2, -0.15) is 4.98 Å². The first kappa shape index (κ1) is 25.4. The van der Waals surface area contributed by atoms with E-state index < -0.39 is 12.0 Å². The highest BCUT2D eigenvalue weighted by Crippen LogP contribution is 2.37. The molecule has 0 bridgehead atoms. The van der Waals surface area contributed by atoms with Crippen LogP contribution in [-0.2, 0) is 16.1 Å². The van der Waals surface area contributed by atoms with Crippen molar-refractivity contribution in [2.75, 3.05) is 11.1 Å². The van der Waals surface area contributed by atoms with Crippen molar-refractivity contribution in [1.82, 2.24) is 14.8 Å². The molecule has 1 unspecified atom stereocenters. The molecule has 2 aromatic carbocycles. The number of benzene rings is 2. The topological polar surface area (TPSA) is 78.3 Å². The normalized spacial score (nSPS) is 15.1. The Morgan fingerprint density at radius 2 is 1.86 bits per heavy atom. The molecule has 184 valence electrons. The SMILES string of the molecule is CCSc1nc2n(n1)C(c1ccc(OCc3c(Cl)cccc3Cl)cc1)C(C(=O)OC(C)C)=C(C)N2. The van der Waals surface area contributed by atoms with E-state index in [4.69, 9.17) is 32.7 Å². The Balaban J connectivity index is 1.65. The van der Waals surface area contributed by atoms with Gasteiger partial charge in [-0.05, 0) is 56.4 Å². The maximum absolute atomic E-state index is 13.1. The van der Waals surface area contributed by atoms with Gasteiger partial charge in [-0.15, -0.1) is 5.10 Å². The van der Waals surface area contributed by atoms with Gasteiger partial charge in [0.1, 0.15) is 18.4 Å². The first-order chi connectivity index (χ1) is 16.8. The Hall–Kier alpha value is -2.68. The number of fused-ring (bicyclic) bond motifs is 1. The summed E-state index contributed by atoms with van der Waals surface area (Å²) >= 11 is 14.0.